The zero-order valence-corrected chi connectivity index (χ0v) is 13.5. The predicted molar refractivity (Wildman–Crippen MR) is 88.3 cm³/mol. The molecule has 6 nitrogen and oxygen atoms in total. The maximum atomic E-state index is 5.89. The van der Waals surface area contributed by atoms with Gasteiger partial charge >= 0.3 is 0 Å². The molecule has 0 radical (unpaired) electrons. The van der Waals surface area contributed by atoms with Crippen LogP contribution in [0.1, 0.15) is 5.56 Å². The third-order valence-electron chi connectivity index (χ3n) is 3.61. The van der Waals surface area contributed by atoms with E-state index in [0.717, 1.165) is 11.1 Å². The molecular formula is C17H18N2O4. The molecule has 1 heterocycles. The molecule has 0 amide bonds. The molecule has 6 heteroatoms. The van der Waals surface area contributed by atoms with Crippen LogP contribution in [0, 0.1) is 6.92 Å². The van der Waals surface area contributed by atoms with E-state index in [1.807, 2.05) is 13.0 Å². The van der Waals surface area contributed by atoms with Crippen LogP contribution < -0.4 is 19.9 Å². The molecular weight excluding hydrogens is 296 g/mol. The van der Waals surface area contributed by atoms with Crippen molar-refractivity contribution >= 4 is 16.8 Å². The van der Waals surface area contributed by atoms with Crippen LogP contribution in [-0.4, -0.2) is 26.3 Å². The van der Waals surface area contributed by atoms with Crippen molar-refractivity contribution in [3.63, 3.8) is 0 Å². The number of aryl methyl sites for hydroxylation is 1. The summed E-state index contributed by atoms with van der Waals surface area (Å²) in [4.78, 5) is 4.51. The topological polar surface area (TPSA) is 79.7 Å². The Hall–Kier alpha value is -2.89. The summed E-state index contributed by atoms with van der Waals surface area (Å²) < 4.78 is 21.9. The number of rotatable bonds is 4. The predicted octanol–water partition coefficient (Wildman–Crippen LogP) is 3.41. The summed E-state index contributed by atoms with van der Waals surface area (Å²) in [6.07, 6.45) is 0. The van der Waals surface area contributed by atoms with E-state index in [1.54, 1.807) is 39.5 Å². The molecule has 0 bridgehead atoms. The van der Waals surface area contributed by atoms with Gasteiger partial charge in [0.15, 0.2) is 17.1 Å². The van der Waals surface area contributed by atoms with E-state index in [4.69, 9.17) is 24.4 Å². The summed E-state index contributed by atoms with van der Waals surface area (Å²) >= 11 is 0. The van der Waals surface area contributed by atoms with Crippen molar-refractivity contribution in [1.82, 2.24) is 4.98 Å². The van der Waals surface area contributed by atoms with E-state index in [9.17, 15) is 0 Å². The lowest BCUT2D eigenvalue weighted by Crippen LogP contribution is -1.95. The number of oxazole rings is 1. The molecule has 23 heavy (non-hydrogen) atoms. The maximum Gasteiger partial charge on any atom is 0.227 e. The van der Waals surface area contributed by atoms with Crippen LogP contribution in [0.15, 0.2) is 28.7 Å². The highest BCUT2D eigenvalue weighted by atomic mass is 16.5. The van der Waals surface area contributed by atoms with E-state index in [0.29, 0.717) is 39.9 Å². The number of methoxy groups -OCH3 is 3. The minimum absolute atomic E-state index is 0.466. The Balaban J connectivity index is 2.20. The van der Waals surface area contributed by atoms with Crippen LogP contribution in [0.2, 0.25) is 0 Å². The molecule has 3 rings (SSSR count). The fourth-order valence-electron chi connectivity index (χ4n) is 2.56. The molecule has 2 N–H and O–H groups in total. The van der Waals surface area contributed by atoms with E-state index < -0.39 is 0 Å². The number of hydrogen-bond acceptors (Lipinski definition) is 6. The van der Waals surface area contributed by atoms with Crippen LogP contribution in [0.4, 0.5) is 5.69 Å². The monoisotopic (exact) mass is 314 g/mol. The Kier molecular flexibility index (Phi) is 3.73. The summed E-state index contributed by atoms with van der Waals surface area (Å²) in [7, 11) is 4.70. The number of hydrogen-bond donors (Lipinski definition) is 1. The standard InChI is InChI=1S/C17H18N2O4/c1-9-5-11(18)8-12-15(9)23-17(19-12)10-6-13(20-2)16(22-4)14(7-10)21-3/h5-8H,18H2,1-4H3. The summed E-state index contributed by atoms with van der Waals surface area (Å²) in [5.74, 6) is 2.07. The van der Waals surface area contributed by atoms with Crippen LogP contribution >= 0.6 is 0 Å². The first kappa shape index (κ1) is 15.0. The van der Waals surface area contributed by atoms with Gasteiger partial charge in [-0.25, -0.2) is 4.98 Å². The number of nitrogens with zero attached hydrogens (tertiary/aromatic N) is 1. The normalized spacial score (nSPS) is 10.8. The van der Waals surface area contributed by atoms with Crippen LogP contribution in [-0.2, 0) is 0 Å². The van der Waals surface area contributed by atoms with E-state index in [1.165, 1.54) is 0 Å². The molecule has 120 valence electrons. The van der Waals surface area contributed by atoms with Crippen LogP contribution in [0.3, 0.4) is 0 Å². The largest absolute Gasteiger partial charge is 0.493 e. The Morgan fingerprint density at radius 1 is 0.957 bits per heavy atom. The van der Waals surface area contributed by atoms with Crippen molar-refractivity contribution in [3.8, 4) is 28.7 Å². The summed E-state index contributed by atoms with van der Waals surface area (Å²) in [5.41, 5.74) is 9.61. The number of aromatic nitrogens is 1. The average molecular weight is 314 g/mol. The zero-order chi connectivity index (χ0) is 16.6. The molecule has 0 aliphatic rings. The van der Waals surface area contributed by atoms with Gasteiger partial charge in [-0.05, 0) is 36.8 Å². The van der Waals surface area contributed by atoms with Gasteiger partial charge in [-0.1, -0.05) is 0 Å². The van der Waals surface area contributed by atoms with Crippen LogP contribution in [0.5, 0.6) is 17.2 Å². The lowest BCUT2D eigenvalue weighted by molar-refractivity contribution is 0.324. The highest BCUT2D eigenvalue weighted by Crippen LogP contribution is 2.41. The second kappa shape index (κ2) is 5.72. The highest BCUT2D eigenvalue weighted by molar-refractivity contribution is 5.83. The van der Waals surface area contributed by atoms with E-state index in [2.05, 4.69) is 4.98 Å². The molecule has 0 spiro atoms. The van der Waals surface area contributed by atoms with Crippen molar-refractivity contribution in [1.29, 1.82) is 0 Å². The first-order valence-corrected chi connectivity index (χ1v) is 7.04. The number of nitrogens with two attached hydrogens (primary N) is 1. The maximum absolute atomic E-state index is 5.89. The van der Waals surface area contributed by atoms with Crippen molar-refractivity contribution in [2.24, 2.45) is 0 Å². The molecule has 0 aliphatic carbocycles. The third kappa shape index (κ3) is 2.52. The van der Waals surface area contributed by atoms with E-state index >= 15 is 0 Å². The van der Waals surface area contributed by atoms with Crippen molar-refractivity contribution in [3.05, 3.63) is 29.8 Å². The Morgan fingerprint density at radius 3 is 2.17 bits per heavy atom. The summed E-state index contributed by atoms with van der Waals surface area (Å²) in [5, 5.41) is 0. The SMILES string of the molecule is COc1cc(-c2nc3cc(N)cc(C)c3o2)cc(OC)c1OC. The molecule has 0 saturated carbocycles. The number of ether oxygens (including phenoxy) is 3. The Bertz CT molecular complexity index is 845. The molecule has 0 saturated heterocycles. The van der Waals surface area contributed by atoms with Gasteiger partial charge in [-0.2, -0.15) is 0 Å². The first-order chi connectivity index (χ1) is 11.1. The zero-order valence-electron chi connectivity index (χ0n) is 13.5. The number of benzene rings is 2. The highest BCUT2D eigenvalue weighted by Gasteiger charge is 2.18. The van der Waals surface area contributed by atoms with Gasteiger partial charge in [0.05, 0.1) is 21.3 Å². The quantitative estimate of drug-likeness (QED) is 0.743. The fourth-order valence-corrected chi connectivity index (χ4v) is 2.56. The van der Waals surface area contributed by atoms with E-state index in [-0.39, 0.29) is 0 Å². The lowest BCUT2D eigenvalue weighted by Gasteiger charge is -2.12. The van der Waals surface area contributed by atoms with Gasteiger partial charge in [0.25, 0.3) is 0 Å². The number of anilines is 1. The second-order valence-electron chi connectivity index (χ2n) is 5.12. The van der Waals surface area contributed by atoms with Gasteiger partial charge in [0, 0.05) is 11.3 Å². The average Bonchev–Trinajstić information content (AvgIpc) is 2.97. The molecule has 0 fully saturated rings. The number of fused-ring (bicyclic) bond motifs is 1. The number of nitrogen functional groups attached to an aromatic ring is 1. The van der Waals surface area contributed by atoms with Gasteiger partial charge in [-0.3, -0.25) is 0 Å². The lowest BCUT2D eigenvalue weighted by atomic mass is 10.2. The van der Waals surface area contributed by atoms with Gasteiger partial charge in [0.2, 0.25) is 11.6 Å². The van der Waals surface area contributed by atoms with Crippen LogP contribution in [0.25, 0.3) is 22.6 Å². The molecule has 1 aromatic heterocycles. The molecule has 0 aliphatic heterocycles. The Morgan fingerprint density at radius 2 is 1.61 bits per heavy atom. The molecule has 0 atom stereocenters. The van der Waals surface area contributed by atoms with Gasteiger partial charge in [0.1, 0.15) is 5.52 Å². The third-order valence-corrected chi connectivity index (χ3v) is 3.61. The molecule has 2 aromatic carbocycles. The van der Waals surface area contributed by atoms with Crippen molar-refractivity contribution in [2.45, 2.75) is 6.92 Å². The minimum Gasteiger partial charge on any atom is -0.493 e. The molecule has 0 unspecified atom stereocenters. The van der Waals surface area contributed by atoms with Crippen molar-refractivity contribution < 1.29 is 18.6 Å². The summed E-state index contributed by atoms with van der Waals surface area (Å²) in [6.45, 7) is 1.93. The first-order valence-electron chi connectivity index (χ1n) is 7.04. The molecule has 3 aromatic rings. The van der Waals surface area contributed by atoms with Gasteiger partial charge in [-0.15, -0.1) is 0 Å². The van der Waals surface area contributed by atoms with Crippen molar-refractivity contribution in [2.75, 3.05) is 27.1 Å². The Labute approximate surface area is 133 Å². The fraction of sp³-hybridized carbons (Fsp3) is 0.235. The summed E-state index contributed by atoms with van der Waals surface area (Å²) in [6, 6.07) is 7.23. The second-order valence-corrected chi connectivity index (χ2v) is 5.12. The minimum atomic E-state index is 0.466. The smallest absolute Gasteiger partial charge is 0.227 e. The van der Waals surface area contributed by atoms with Gasteiger partial charge < -0.3 is 24.4 Å².